The Kier molecular flexibility index (Phi) is 3.14. The van der Waals surface area contributed by atoms with Crippen LogP contribution in [0.15, 0.2) is 41.2 Å². The van der Waals surface area contributed by atoms with Crippen molar-refractivity contribution < 1.29 is 4.79 Å². The number of carbonyl (C=O) groups excluding carboxylic acids is 1. The van der Waals surface area contributed by atoms with E-state index in [0.717, 1.165) is 5.56 Å². The third kappa shape index (κ3) is 2.57. The summed E-state index contributed by atoms with van der Waals surface area (Å²) in [5.74, 6) is -0.398. The number of aromatic amines is 1. The molecule has 0 saturated heterocycles. The maximum Gasteiger partial charge on any atom is 0.272 e. The van der Waals surface area contributed by atoms with E-state index in [-0.39, 0.29) is 11.3 Å². The number of pyridine rings is 1. The van der Waals surface area contributed by atoms with Gasteiger partial charge in [0.15, 0.2) is 0 Å². The molecule has 0 aliphatic heterocycles. The van der Waals surface area contributed by atoms with Crippen molar-refractivity contribution in [3.8, 4) is 0 Å². The molecule has 0 atom stereocenters. The number of H-pyrrole nitrogens is 1. The fraction of sp³-hybridized carbons (Fsp3) is 0.0769. The van der Waals surface area contributed by atoms with Crippen LogP contribution in [-0.4, -0.2) is 10.9 Å². The topological polar surface area (TPSA) is 88.0 Å². The molecule has 1 aromatic carbocycles. The van der Waals surface area contributed by atoms with Crippen molar-refractivity contribution in [2.75, 3.05) is 11.1 Å². The summed E-state index contributed by atoms with van der Waals surface area (Å²) < 4.78 is 0. The van der Waals surface area contributed by atoms with Crippen LogP contribution < -0.4 is 16.6 Å². The van der Waals surface area contributed by atoms with E-state index in [1.807, 2.05) is 13.0 Å². The summed E-state index contributed by atoms with van der Waals surface area (Å²) in [7, 11) is 0. The highest BCUT2D eigenvalue weighted by Crippen LogP contribution is 2.19. The first-order valence-corrected chi connectivity index (χ1v) is 5.43. The molecular formula is C13H13N3O2. The molecule has 0 aliphatic rings. The number of nitrogen functional groups attached to an aromatic ring is 1. The summed E-state index contributed by atoms with van der Waals surface area (Å²) in [5, 5.41) is 2.66. The zero-order valence-electron chi connectivity index (χ0n) is 9.86. The van der Waals surface area contributed by atoms with Crippen molar-refractivity contribution in [2.24, 2.45) is 0 Å². The quantitative estimate of drug-likeness (QED) is 0.699. The first-order chi connectivity index (χ1) is 8.56. The molecule has 2 rings (SSSR count). The molecule has 1 heterocycles. The summed E-state index contributed by atoms with van der Waals surface area (Å²) in [6.07, 6.45) is 0. The number of rotatable bonds is 2. The van der Waals surface area contributed by atoms with Crippen LogP contribution in [0.25, 0.3) is 0 Å². The molecule has 4 N–H and O–H groups in total. The molecule has 0 bridgehead atoms. The maximum atomic E-state index is 11.9. The lowest BCUT2D eigenvalue weighted by Gasteiger charge is -2.08. The minimum atomic E-state index is -0.398. The second-order valence-electron chi connectivity index (χ2n) is 3.97. The molecule has 18 heavy (non-hydrogen) atoms. The van der Waals surface area contributed by atoms with Crippen molar-refractivity contribution in [2.45, 2.75) is 6.92 Å². The van der Waals surface area contributed by atoms with Gasteiger partial charge in [-0.1, -0.05) is 12.1 Å². The number of amides is 1. The molecule has 0 aliphatic carbocycles. The van der Waals surface area contributed by atoms with Crippen molar-refractivity contribution in [3.63, 3.8) is 0 Å². The van der Waals surface area contributed by atoms with Gasteiger partial charge in [0.05, 0.1) is 11.4 Å². The largest absolute Gasteiger partial charge is 0.397 e. The van der Waals surface area contributed by atoms with Crippen LogP contribution in [0, 0.1) is 6.92 Å². The standard InChI is InChI=1S/C13H13N3O2/c1-8-5-6-9(14)11(7-8)16-13(18)10-3-2-4-12(17)15-10/h2-7H,14H2,1H3,(H,15,17)(H,16,18). The summed E-state index contributed by atoms with van der Waals surface area (Å²) >= 11 is 0. The number of aryl methyl sites for hydroxylation is 1. The average Bonchev–Trinajstić information content (AvgIpc) is 2.34. The summed E-state index contributed by atoms with van der Waals surface area (Å²) in [5.41, 5.74) is 7.64. The lowest BCUT2D eigenvalue weighted by atomic mass is 10.2. The number of nitrogens with two attached hydrogens (primary N) is 1. The smallest absolute Gasteiger partial charge is 0.272 e. The maximum absolute atomic E-state index is 11.9. The number of hydrogen-bond donors (Lipinski definition) is 3. The van der Waals surface area contributed by atoms with Gasteiger partial charge in [0, 0.05) is 6.07 Å². The molecule has 5 nitrogen and oxygen atoms in total. The molecule has 0 saturated carbocycles. The van der Waals surface area contributed by atoms with Gasteiger partial charge >= 0.3 is 0 Å². The molecule has 0 unspecified atom stereocenters. The number of anilines is 2. The second-order valence-corrected chi connectivity index (χ2v) is 3.97. The van der Waals surface area contributed by atoms with Crippen LogP contribution in [0.3, 0.4) is 0 Å². The van der Waals surface area contributed by atoms with Crippen LogP contribution >= 0.6 is 0 Å². The van der Waals surface area contributed by atoms with Crippen molar-refractivity contribution >= 4 is 17.3 Å². The molecule has 5 heteroatoms. The van der Waals surface area contributed by atoms with Crippen molar-refractivity contribution in [1.82, 2.24) is 4.98 Å². The summed E-state index contributed by atoms with van der Waals surface area (Å²) in [4.78, 5) is 25.5. The van der Waals surface area contributed by atoms with Gasteiger partial charge in [0.2, 0.25) is 5.56 Å². The minimum Gasteiger partial charge on any atom is -0.397 e. The van der Waals surface area contributed by atoms with E-state index in [1.54, 1.807) is 12.1 Å². The van der Waals surface area contributed by atoms with Gasteiger partial charge in [-0.15, -0.1) is 0 Å². The Balaban J connectivity index is 2.26. The zero-order valence-corrected chi connectivity index (χ0v) is 9.86. The van der Waals surface area contributed by atoms with Crippen LogP contribution in [0.2, 0.25) is 0 Å². The van der Waals surface area contributed by atoms with Gasteiger partial charge in [-0.3, -0.25) is 9.59 Å². The van der Waals surface area contributed by atoms with Crippen LogP contribution in [0.4, 0.5) is 11.4 Å². The SMILES string of the molecule is Cc1ccc(N)c(NC(=O)c2cccc(=O)[nH]2)c1. The third-order valence-electron chi connectivity index (χ3n) is 2.47. The van der Waals surface area contributed by atoms with E-state index in [4.69, 9.17) is 5.73 Å². The zero-order chi connectivity index (χ0) is 13.1. The van der Waals surface area contributed by atoms with Gasteiger partial charge in [0.1, 0.15) is 5.69 Å². The van der Waals surface area contributed by atoms with E-state index >= 15 is 0 Å². The molecule has 1 aromatic heterocycles. The van der Waals surface area contributed by atoms with Gasteiger partial charge in [0.25, 0.3) is 5.91 Å². The molecule has 0 fully saturated rings. The summed E-state index contributed by atoms with van der Waals surface area (Å²) in [6.45, 7) is 1.90. The fourth-order valence-electron chi connectivity index (χ4n) is 1.55. The van der Waals surface area contributed by atoms with Gasteiger partial charge in [-0.25, -0.2) is 0 Å². The lowest BCUT2D eigenvalue weighted by molar-refractivity contribution is 0.102. The first-order valence-electron chi connectivity index (χ1n) is 5.43. The molecule has 0 spiro atoms. The van der Waals surface area contributed by atoms with Gasteiger partial charge in [-0.05, 0) is 30.7 Å². The molecule has 92 valence electrons. The Morgan fingerprint density at radius 2 is 2.06 bits per heavy atom. The molecular weight excluding hydrogens is 230 g/mol. The van der Waals surface area contributed by atoms with Crippen molar-refractivity contribution in [1.29, 1.82) is 0 Å². The highest BCUT2D eigenvalue weighted by molar-refractivity contribution is 6.04. The number of carbonyl (C=O) groups is 1. The van der Waals surface area contributed by atoms with E-state index < -0.39 is 5.91 Å². The Bertz CT molecular complexity index is 647. The Morgan fingerprint density at radius 1 is 1.28 bits per heavy atom. The number of hydrogen-bond acceptors (Lipinski definition) is 3. The normalized spacial score (nSPS) is 10.1. The minimum absolute atomic E-state index is 0.198. The monoisotopic (exact) mass is 243 g/mol. The Hall–Kier alpha value is -2.56. The predicted octanol–water partition coefficient (Wildman–Crippen LogP) is 1.52. The predicted molar refractivity (Wildman–Crippen MR) is 70.6 cm³/mol. The van der Waals surface area contributed by atoms with E-state index in [1.165, 1.54) is 18.2 Å². The van der Waals surface area contributed by atoms with Gasteiger partial charge in [-0.2, -0.15) is 0 Å². The average molecular weight is 243 g/mol. The van der Waals surface area contributed by atoms with Crippen LogP contribution in [0.1, 0.15) is 16.1 Å². The number of benzene rings is 1. The highest BCUT2D eigenvalue weighted by Gasteiger charge is 2.08. The second kappa shape index (κ2) is 4.75. The van der Waals surface area contributed by atoms with Crippen molar-refractivity contribution in [3.05, 3.63) is 58.0 Å². The number of nitrogens with one attached hydrogen (secondary N) is 2. The fourth-order valence-corrected chi connectivity index (χ4v) is 1.55. The third-order valence-corrected chi connectivity index (χ3v) is 2.47. The van der Waals surface area contributed by atoms with Crippen LogP contribution in [-0.2, 0) is 0 Å². The van der Waals surface area contributed by atoms with E-state index in [0.29, 0.717) is 11.4 Å². The van der Waals surface area contributed by atoms with Gasteiger partial charge < -0.3 is 16.0 Å². The Morgan fingerprint density at radius 3 is 2.78 bits per heavy atom. The first kappa shape index (κ1) is 11.9. The molecule has 0 radical (unpaired) electrons. The Labute approximate surface area is 104 Å². The highest BCUT2D eigenvalue weighted by atomic mass is 16.2. The van der Waals surface area contributed by atoms with E-state index in [9.17, 15) is 9.59 Å². The summed E-state index contributed by atoms with van der Waals surface area (Å²) in [6, 6.07) is 9.75. The molecule has 1 amide bonds. The van der Waals surface area contributed by atoms with E-state index in [2.05, 4.69) is 10.3 Å². The molecule has 2 aromatic rings. The van der Waals surface area contributed by atoms with Crippen LogP contribution in [0.5, 0.6) is 0 Å². The lowest BCUT2D eigenvalue weighted by Crippen LogP contribution is -2.18. The number of aromatic nitrogens is 1.